The molecule has 2 N–H and O–H groups in total. The summed E-state index contributed by atoms with van der Waals surface area (Å²) in [5.41, 5.74) is -0.891. The Balaban J connectivity index is 2.14. The molecule has 2 aromatic rings. The monoisotopic (exact) mass is 399 g/mol. The van der Waals surface area contributed by atoms with Gasteiger partial charge >= 0.3 is 12.1 Å². The van der Waals surface area contributed by atoms with E-state index < -0.39 is 41.6 Å². The second kappa shape index (κ2) is 8.83. The smallest absolute Gasteiger partial charge is 0.416 e. The van der Waals surface area contributed by atoms with Gasteiger partial charge in [0.05, 0.1) is 12.7 Å². The second-order valence-electron chi connectivity index (χ2n) is 5.90. The molecule has 2 rings (SSSR count). The molecule has 0 aromatic heterocycles. The zero-order valence-corrected chi connectivity index (χ0v) is 14.7. The van der Waals surface area contributed by atoms with Gasteiger partial charge in [0.25, 0.3) is 5.91 Å². The summed E-state index contributed by atoms with van der Waals surface area (Å²) in [7, 11) is 1.08. The van der Waals surface area contributed by atoms with Crippen LogP contribution in [0.2, 0.25) is 0 Å². The summed E-state index contributed by atoms with van der Waals surface area (Å²) in [6, 6.07) is 7.68. The van der Waals surface area contributed by atoms with Gasteiger partial charge in [-0.05, 0) is 29.3 Å². The first-order valence-corrected chi connectivity index (χ1v) is 8.10. The zero-order valence-electron chi connectivity index (χ0n) is 14.7. The predicted molar refractivity (Wildman–Crippen MR) is 90.5 cm³/mol. The number of carbonyl (C=O) groups is 2. The number of hydrogen-bond donors (Lipinski definition) is 2. The minimum atomic E-state index is -4.55. The Bertz CT molecular complexity index is 837. The van der Waals surface area contributed by atoms with Crippen LogP contribution in [0.1, 0.15) is 22.8 Å². The van der Waals surface area contributed by atoms with Crippen LogP contribution in [0.3, 0.4) is 0 Å². The molecular weight excluding hydrogens is 382 g/mol. The summed E-state index contributed by atoms with van der Waals surface area (Å²) < 4.78 is 56.2. The summed E-state index contributed by atoms with van der Waals surface area (Å²) in [5, 5.41) is 12.3. The molecule has 0 saturated carbocycles. The van der Waals surface area contributed by atoms with Crippen molar-refractivity contribution >= 4 is 11.9 Å². The molecule has 2 aromatic carbocycles. The molecule has 0 radical (unpaired) electrons. The maximum absolute atomic E-state index is 13.8. The number of amides is 1. The molecule has 2 atom stereocenters. The highest BCUT2D eigenvalue weighted by Crippen LogP contribution is 2.30. The van der Waals surface area contributed by atoms with Crippen molar-refractivity contribution in [2.75, 3.05) is 7.11 Å². The Hall–Kier alpha value is -2.94. The average Bonchev–Trinajstić information content (AvgIpc) is 2.67. The average molecular weight is 399 g/mol. The molecule has 1 amide bonds. The maximum Gasteiger partial charge on any atom is 0.416 e. The molecule has 0 bridgehead atoms. The Morgan fingerprint density at radius 3 is 2.25 bits per heavy atom. The van der Waals surface area contributed by atoms with Crippen molar-refractivity contribution in [3.63, 3.8) is 0 Å². The van der Waals surface area contributed by atoms with E-state index in [-0.39, 0.29) is 17.5 Å². The van der Waals surface area contributed by atoms with Gasteiger partial charge in [-0.15, -0.1) is 0 Å². The third-order valence-electron chi connectivity index (χ3n) is 3.99. The van der Waals surface area contributed by atoms with Crippen molar-refractivity contribution in [2.45, 2.75) is 24.7 Å². The van der Waals surface area contributed by atoms with Crippen LogP contribution in [0.4, 0.5) is 17.6 Å². The second-order valence-corrected chi connectivity index (χ2v) is 5.90. The fourth-order valence-corrected chi connectivity index (χ4v) is 2.48. The normalized spacial score (nSPS) is 13.5. The minimum Gasteiger partial charge on any atom is -0.467 e. The Kier molecular flexibility index (Phi) is 6.74. The van der Waals surface area contributed by atoms with Gasteiger partial charge in [-0.25, -0.2) is 9.18 Å². The predicted octanol–water partition coefficient (Wildman–Crippen LogP) is 2.78. The molecule has 0 spiro atoms. The summed E-state index contributed by atoms with van der Waals surface area (Å²) in [6.45, 7) is 0. The molecule has 0 saturated heterocycles. The number of carbonyl (C=O) groups excluding carboxylic acids is 2. The highest BCUT2D eigenvalue weighted by molar-refractivity contribution is 5.87. The molecule has 0 heterocycles. The number of alkyl halides is 3. The van der Waals surface area contributed by atoms with Gasteiger partial charge in [-0.1, -0.05) is 30.3 Å². The number of aliphatic hydroxyl groups is 1. The number of nitrogens with one attached hydrogen (secondary N) is 1. The Morgan fingerprint density at radius 2 is 1.71 bits per heavy atom. The van der Waals surface area contributed by atoms with Gasteiger partial charge in [-0.2, -0.15) is 13.2 Å². The lowest BCUT2D eigenvalue weighted by atomic mass is 10.0. The van der Waals surface area contributed by atoms with Crippen LogP contribution in [0.15, 0.2) is 48.5 Å². The van der Waals surface area contributed by atoms with Gasteiger partial charge in [0.2, 0.25) is 0 Å². The lowest BCUT2D eigenvalue weighted by Gasteiger charge is -2.19. The fraction of sp³-hybridized carbons (Fsp3) is 0.263. The highest BCUT2D eigenvalue weighted by Gasteiger charge is 2.31. The van der Waals surface area contributed by atoms with E-state index in [2.05, 4.69) is 10.1 Å². The highest BCUT2D eigenvalue weighted by atomic mass is 19.4. The van der Waals surface area contributed by atoms with E-state index in [0.717, 1.165) is 31.4 Å². The molecule has 0 fully saturated rings. The lowest BCUT2D eigenvalue weighted by Crippen LogP contribution is -2.45. The molecular formula is C19H17F4NO4. The summed E-state index contributed by atoms with van der Waals surface area (Å²) in [6.07, 6.45) is -6.61. The zero-order chi connectivity index (χ0) is 20.9. The maximum atomic E-state index is 13.8. The van der Waals surface area contributed by atoms with Crippen molar-refractivity contribution in [3.8, 4) is 0 Å². The van der Waals surface area contributed by atoms with Crippen LogP contribution in [0.25, 0.3) is 0 Å². The topological polar surface area (TPSA) is 75.6 Å². The molecule has 0 unspecified atom stereocenters. The van der Waals surface area contributed by atoms with E-state index in [0.29, 0.717) is 0 Å². The standard InChI is InChI=1S/C19H17F4NO4/c1-28-18(27)15(10-12-4-2-3-5-14(12)20)24-17(26)16(25)11-6-8-13(9-7-11)19(21,22)23/h2-9,15-16,25H,10H2,1H3,(H,24,26)/t15-,16-/m0/s1. The van der Waals surface area contributed by atoms with Crippen molar-refractivity contribution in [1.82, 2.24) is 5.32 Å². The van der Waals surface area contributed by atoms with Crippen molar-refractivity contribution < 1.29 is 37.0 Å². The SMILES string of the molecule is COC(=O)[C@H](Cc1ccccc1F)NC(=O)[C@@H](O)c1ccc(C(F)(F)F)cc1. The lowest BCUT2D eigenvalue weighted by molar-refractivity contribution is -0.146. The van der Waals surface area contributed by atoms with Crippen LogP contribution in [0, 0.1) is 5.82 Å². The quantitative estimate of drug-likeness (QED) is 0.579. The first-order chi connectivity index (χ1) is 13.1. The van der Waals surface area contributed by atoms with E-state index in [1.54, 1.807) is 6.07 Å². The molecule has 28 heavy (non-hydrogen) atoms. The Labute approximate surface area is 157 Å². The third kappa shape index (κ3) is 5.29. The molecule has 5 nitrogen and oxygen atoms in total. The number of rotatable bonds is 6. The van der Waals surface area contributed by atoms with E-state index in [4.69, 9.17) is 0 Å². The van der Waals surface area contributed by atoms with Crippen LogP contribution < -0.4 is 5.32 Å². The Morgan fingerprint density at radius 1 is 1.11 bits per heavy atom. The minimum absolute atomic E-state index is 0.0972. The van der Waals surface area contributed by atoms with Crippen LogP contribution in [-0.4, -0.2) is 30.1 Å². The van der Waals surface area contributed by atoms with Gasteiger partial charge in [-0.3, -0.25) is 4.79 Å². The number of benzene rings is 2. The number of aliphatic hydroxyl groups excluding tert-OH is 1. The largest absolute Gasteiger partial charge is 0.467 e. The van der Waals surface area contributed by atoms with E-state index in [1.165, 1.54) is 18.2 Å². The number of halogens is 4. The van der Waals surface area contributed by atoms with Gasteiger partial charge in [0.1, 0.15) is 11.9 Å². The number of ether oxygens (including phenoxy) is 1. The van der Waals surface area contributed by atoms with Gasteiger partial charge in [0.15, 0.2) is 6.10 Å². The van der Waals surface area contributed by atoms with Crippen molar-refractivity contribution in [3.05, 3.63) is 71.0 Å². The number of esters is 1. The van der Waals surface area contributed by atoms with Crippen LogP contribution in [0.5, 0.6) is 0 Å². The van der Waals surface area contributed by atoms with E-state index in [9.17, 15) is 32.3 Å². The van der Waals surface area contributed by atoms with Crippen LogP contribution >= 0.6 is 0 Å². The van der Waals surface area contributed by atoms with Crippen molar-refractivity contribution in [2.24, 2.45) is 0 Å². The van der Waals surface area contributed by atoms with Crippen LogP contribution in [-0.2, 0) is 26.9 Å². The fourth-order valence-electron chi connectivity index (χ4n) is 2.48. The third-order valence-corrected chi connectivity index (χ3v) is 3.99. The first kappa shape index (κ1) is 21.4. The van der Waals surface area contributed by atoms with Gasteiger partial charge < -0.3 is 15.2 Å². The molecule has 150 valence electrons. The number of hydrogen-bond acceptors (Lipinski definition) is 4. The summed E-state index contributed by atoms with van der Waals surface area (Å²) in [5.74, 6) is -2.49. The molecule has 9 heteroatoms. The summed E-state index contributed by atoms with van der Waals surface area (Å²) in [4.78, 5) is 24.2. The van der Waals surface area contributed by atoms with E-state index >= 15 is 0 Å². The van der Waals surface area contributed by atoms with E-state index in [1.807, 2.05) is 0 Å². The first-order valence-electron chi connectivity index (χ1n) is 8.10. The molecule has 0 aliphatic rings. The molecule has 0 aliphatic heterocycles. The van der Waals surface area contributed by atoms with Crippen molar-refractivity contribution in [1.29, 1.82) is 0 Å². The van der Waals surface area contributed by atoms with Gasteiger partial charge in [0, 0.05) is 6.42 Å². The molecule has 0 aliphatic carbocycles. The summed E-state index contributed by atoms with van der Waals surface area (Å²) >= 11 is 0. The number of methoxy groups -OCH3 is 1.